The summed E-state index contributed by atoms with van der Waals surface area (Å²) in [5, 5.41) is 0.725. The monoisotopic (exact) mass is 282 g/mol. The lowest BCUT2D eigenvalue weighted by atomic mass is 9.97. The van der Waals surface area contributed by atoms with Crippen LogP contribution in [0.1, 0.15) is 44.3 Å². The molecule has 0 N–H and O–H groups in total. The van der Waals surface area contributed by atoms with Crippen LogP contribution in [0.15, 0.2) is 24.3 Å². The van der Waals surface area contributed by atoms with Gasteiger partial charge in [-0.1, -0.05) is 23.7 Å². The Labute approximate surface area is 118 Å². The molecule has 0 aromatic heterocycles. The zero-order valence-electron chi connectivity index (χ0n) is 11.1. The molecule has 0 spiro atoms. The van der Waals surface area contributed by atoms with Crippen LogP contribution in [0.2, 0.25) is 5.02 Å². The molecule has 4 heteroatoms. The second kappa shape index (κ2) is 6.92. The predicted molar refractivity (Wildman–Crippen MR) is 74.2 cm³/mol. The van der Waals surface area contributed by atoms with E-state index in [0.29, 0.717) is 13.0 Å². The summed E-state index contributed by atoms with van der Waals surface area (Å²) < 4.78 is 11.0. The summed E-state index contributed by atoms with van der Waals surface area (Å²) in [7, 11) is 0. The average molecular weight is 283 g/mol. The van der Waals surface area contributed by atoms with Gasteiger partial charge in [-0.15, -0.1) is 0 Å². The van der Waals surface area contributed by atoms with Gasteiger partial charge in [-0.2, -0.15) is 0 Å². The smallest absolute Gasteiger partial charge is 0.308 e. The van der Waals surface area contributed by atoms with Crippen molar-refractivity contribution in [1.29, 1.82) is 0 Å². The standard InChI is InChI=1S/C15H19ClO3/c1-2-18-15(17)10-13-4-3-5-14(19-13)11-6-8-12(16)9-7-11/h6-9,13-14H,2-5,10H2,1H3/t13-,14+/m1/s1. The second-order valence-corrected chi connectivity index (χ2v) is 5.17. The molecule has 0 amide bonds. The van der Waals surface area contributed by atoms with Gasteiger partial charge in [0, 0.05) is 5.02 Å². The number of benzene rings is 1. The first-order chi connectivity index (χ1) is 9.19. The van der Waals surface area contributed by atoms with Crippen LogP contribution in [0.5, 0.6) is 0 Å². The lowest BCUT2D eigenvalue weighted by Crippen LogP contribution is -2.25. The van der Waals surface area contributed by atoms with Crippen molar-refractivity contribution in [1.82, 2.24) is 0 Å². The first kappa shape index (κ1) is 14.4. The minimum Gasteiger partial charge on any atom is -0.466 e. The lowest BCUT2D eigenvalue weighted by Gasteiger charge is -2.30. The Morgan fingerprint density at radius 1 is 1.37 bits per heavy atom. The molecular weight excluding hydrogens is 264 g/mol. The Kier molecular flexibility index (Phi) is 5.23. The maximum absolute atomic E-state index is 11.5. The van der Waals surface area contributed by atoms with E-state index < -0.39 is 0 Å². The fourth-order valence-electron chi connectivity index (χ4n) is 2.38. The highest BCUT2D eigenvalue weighted by Gasteiger charge is 2.25. The molecule has 2 rings (SSSR count). The highest BCUT2D eigenvalue weighted by molar-refractivity contribution is 6.30. The number of halogens is 1. The molecule has 1 heterocycles. The van der Waals surface area contributed by atoms with Gasteiger partial charge in [0.25, 0.3) is 0 Å². The van der Waals surface area contributed by atoms with Gasteiger partial charge in [0.2, 0.25) is 0 Å². The minimum atomic E-state index is -0.177. The van der Waals surface area contributed by atoms with Gasteiger partial charge in [0.15, 0.2) is 0 Å². The Balaban J connectivity index is 1.93. The first-order valence-corrected chi connectivity index (χ1v) is 7.13. The number of hydrogen-bond donors (Lipinski definition) is 0. The molecule has 0 saturated carbocycles. The molecule has 1 fully saturated rings. The number of esters is 1. The number of rotatable bonds is 4. The lowest BCUT2D eigenvalue weighted by molar-refractivity contribution is -0.149. The normalized spacial score (nSPS) is 23.1. The summed E-state index contributed by atoms with van der Waals surface area (Å²) in [5.74, 6) is -0.177. The highest BCUT2D eigenvalue weighted by Crippen LogP contribution is 2.32. The topological polar surface area (TPSA) is 35.5 Å². The summed E-state index contributed by atoms with van der Waals surface area (Å²) in [6.07, 6.45) is 3.35. The van der Waals surface area contributed by atoms with Crippen molar-refractivity contribution in [3.8, 4) is 0 Å². The van der Waals surface area contributed by atoms with Gasteiger partial charge in [-0.3, -0.25) is 4.79 Å². The fraction of sp³-hybridized carbons (Fsp3) is 0.533. The molecule has 19 heavy (non-hydrogen) atoms. The van der Waals surface area contributed by atoms with Crippen molar-refractivity contribution < 1.29 is 14.3 Å². The number of carbonyl (C=O) groups is 1. The highest BCUT2D eigenvalue weighted by atomic mass is 35.5. The SMILES string of the molecule is CCOC(=O)C[C@H]1CCC[C@@H](c2ccc(Cl)cc2)O1. The van der Waals surface area contributed by atoms with Crippen LogP contribution in [0.25, 0.3) is 0 Å². The second-order valence-electron chi connectivity index (χ2n) is 4.74. The Bertz CT molecular complexity index is 416. The molecule has 104 valence electrons. The summed E-state index contributed by atoms with van der Waals surface area (Å²) in [5.41, 5.74) is 1.12. The van der Waals surface area contributed by atoms with E-state index in [1.807, 2.05) is 31.2 Å². The zero-order valence-corrected chi connectivity index (χ0v) is 11.9. The molecule has 0 unspecified atom stereocenters. The fourth-order valence-corrected chi connectivity index (χ4v) is 2.50. The van der Waals surface area contributed by atoms with Gasteiger partial charge >= 0.3 is 5.97 Å². The third kappa shape index (κ3) is 4.22. The molecule has 2 atom stereocenters. The van der Waals surface area contributed by atoms with Crippen molar-refractivity contribution >= 4 is 17.6 Å². The molecule has 1 aliphatic rings. The Morgan fingerprint density at radius 3 is 2.79 bits per heavy atom. The first-order valence-electron chi connectivity index (χ1n) is 6.75. The number of ether oxygens (including phenoxy) is 2. The Hall–Kier alpha value is -1.06. The molecule has 1 aromatic carbocycles. The van der Waals surface area contributed by atoms with E-state index in [0.717, 1.165) is 29.8 Å². The van der Waals surface area contributed by atoms with Crippen molar-refractivity contribution in [3.63, 3.8) is 0 Å². The molecular formula is C15H19ClO3. The van der Waals surface area contributed by atoms with Gasteiger partial charge < -0.3 is 9.47 Å². The van der Waals surface area contributed by atoms with Gasteiger partial charge in [0.1, 0.15) is 0 Å². The molecule has 1 aliphatic heterocycles. The summed E-state index contributed by atoms with van der Waals surface area (Å²) in [4.78, 5) is 11.5. The van der Waals surface area contributed by atoms with Crippen LogP contribution >= 0.6 is 11.6 Å². The third-order valence-corrected chi connectivity index (χ3v) is 3.54. The zero-order chi connectivity index (χ0) is 13.7. The van der Waals surface area contributed by atoms with Crippen molar-refractivity contribution in [2.75, 3.05) is 6.61 Å². The maximum Gasteiger partial charge on any atom is 0.308 e. The molecule has 0 bridgehead atoms. The minimum absolute atomic E-state index is 0.0338. The molecule has 1 saturated heterocycles. The summed E-state index contributed by atoms with van der Waals surface area (Å²) in [6.45, 7) is 2.24. The summed E-state index contributed by atoms with van der Waals surface area (Å²) >= 11 is 5.88. The van der Waals surface area contributed by atoms with Crippen LogP contribution < -0.4 is 0 Å². The number of hydrogen-bond acceptors (Lipinski definition) is 3. The van der Waals surface area contributed by atoms with Crippen LogP contribution in [0.3, 0.4) is 0 Å². The quantitative estimate of drug-likeness (QED) is 0.786. The van der Waals surface area contributed by atoms with E-state index in [1.54, 1.807) is 0 Å². The van der Waals surface area contributed by atoms with E-state index in [2.05, 4.69) is 0 Å². The van der Waals surface area contributed by atoms with Gasteiger partial charge in [-0.25, -0.2) is 0 Å². The van der Waals surface area contributed by atoms with Gasteiger partial charge in [0.05, 0.1) is 25.2 Å². The van der Waals surface area contributed by atoms with E-state index >= 15 is 0 Å². The van der Waals surface area contributed by atoms with E-state index in [9.17, 15) is 4.79 Å². The van der Waals surface area contributed by atoms with Crippen molar-refractivity contribution in [2.45, 2.75) is 44.8 Å². The molecule has 3 nitrogen and oxygen atoms in total. The van der Waals surface area contributed by atoms with E-state index in [4.69, 9.17) is 21.1 Å². The average Bonchev–Trinajstić information content (AvgIpc) is 2.40. The van der Waals surface area contributed by atoms with E-state index in [-0.39, 0.29) is 18.2 Å². The van der Waals surface area contributed by atoms with Gasteiger partial charge in [-0.05, 0) is 43.9 Å². The largest absolute Gasteiger partial charge is 0.466 e. The predicted octanol–water partition coefficient (Wildman–Crippen LogP) is 3.90. The number of carbonyl (C=O) groups excluding carboxylic acids is 1. The molecule has 0 aliphatic carbocycles. The van der Waals surface area contributed by atoms with Crippen LogP contribution in [0, 0.1) is 0 Å². The Morgan fingerprint density at radius 2 is 2.11 bits per heavy atom. The van der Waals surface area contributed by atoms with Crippen molar-refractivity contribution in [3.05, 3.63) is 34.9 Å². The van der Waals surface area contributed by atoms with Crippen LogP contribution in [0.4, 0.5) is 0 Å². The van der Waals surface area contributed by atoms with Crippen LogP contribution in [-0.4, -0.2) is 18.7 Å². The van der Waals surface area contributed by atoms with Crippen molar-refractivity contribution in [2.24, 2.45) is 0 Å². The maximum atomic E-state index is 11.5. The van der Waals surface area contributed by atoms with E-state index in [1.165, 1.54) is 0 Å². The molecule has 0 radical (unpaired) electrons. The summed E-state index contributed by atoms with van der Waals surface area (Å²) in [6, 6.07) is 7.71. The van der Waals surface area contributed by atoms with Crippen LogP contribution in [-0.2, 0) is 14.3 Å². The molecule has 1 aromatic rings. The third-order valence-electron chi connectivity index (χ3n) is 3.29.